The first-order valence-corrected chi connectivity index (χ1v) is 10.8. The van der Waals surface area contributed by atoms with Gasteiger partial charge in [0.15, 0.2) is 5.58 Å². The van der Waals surface area contributed by atoms with Gasteiger partial charge in [0.05, 0.1) is 11.6 Å². The summed E-state index contributed by atoms with van der Waals surface area (Å²) in [5, 5.41) is 22.1. The van der Waals surface area contributed by atoms with Crippen molar-refractivity contribution in [1.82, 2.24) is 9.88 Å². The Morgan fingerprint density at radius 3 is 2.56 bits per heavy atom. The summed E-state index contributed by atoms with van der Waals surface area (Å²) in [7, 11) is 1.66. The van der Waals surface area contributed by atoms with Crippen LogP contribution in [0.3, 0.4) is 0 Å². The van der Waals surface area contributed by atoms with E-state index < -0.39 is 17.8 Å². The predicted octanol–water partition coefficient (Wildman–Crippen LogP) is 3.15. The van der Waals surface area contributed by atoms with Crippen LogP contribution in [0.4, 0.5) is 0 Å². The summed E-state index contributed by atoms with van der Waals surface area (Å²) in [5.74, 6) is -0.736. The second-order valence-corrected chi connectivity index (χ2v) is 8.13. The molecule has 8 nitrogen and oxygen atoms in total. The highest BCUT2D eigenvalue weighted by molar-refractivity contribution is 5.80. The molecule has 0 fully saturated rings. The quantitative estimate of drug-likeness (QED) is 0.391. The zero-order chi connectivity index (χ0) is 24.2. The van der Waals surface area contributed by atoms with Gasteiger partial charge in [0.25, 0.3) is 0 Å². The molecular formula is C26H24N4O4. The molecule has 34 heavy (non-hydrogen) atoms. The molecular weight excluding hydrogens is 432 g/mol. The van der Waals surface area contributed by atoms with Crippen LogP contribution in [0.15, 0.2) is 75.9 Å². The third-order valence-electron chi connectivity index (χ3n) is 5.75. The third-order valence-corrected chi connectivity index (χ3v) is 5.75. The second-order valence-electron chi connectivity index (χ2n) is 8.13. The minimum Gasteiger partial charge on any atom is -0.508 e. The number of para-hydroxylation sites is 1. The fourth-order valence-electron chi connectivity index (χ4n) is 3.87. The van der Waals surface area contributed by atoms with Gasteiger partial charge in [-0.25, -0.2) is 4.79 Å². The van der Waals surface area contributed by atoms with Crippen molar-refractivity contribution in [3.8, 4) is 22.9 Å². The molecule has 4 N–H and O–H groups in total. The van der Waals surface area contributed by atoms with Crippen molar-refractivity contribution < 1.29 is 14.3 Å². The number of nitrogens with one attached hydrogen (secondary N) is 1. The molecule has 0 radical (unpaired) electrons. The van der Waals surface area contributed by atoms with E-state index in [0.717, 1.165) is 16.7 Å². The smallest absolute Gasteiger partial charge is 0.419 e. The van der Waals surface area contributed by atoms with Gasteiger partial charge in [-0.1, -0.05) is 48.5 Å². The summed E-state index contributed by atoms with van der Waals surface area (Å²) in [6, 6.07) is 20.5. The fourth-order valence-corrected chi connectivity index (χ4v) is 3.87. The standard InChI is InChI=1S/C26H24N4O4/c1-30-22-13-18(10-11-24(22)34-26(30)33)17-8-6-16(7-9-17)12-19(15-27)29-25(32)14-21(28)20-4-2-3-5-23(20)31/h2-11,13,19,21,31H,12,14,28H2,1H3,(H,29,32)/t19-,21-/m0/s1. The van der Waals surface area contributed by atoms with Gasteiger partial charge in [0.1, 0.15) is 11.8 Å². The average Bonchev–Trinajstić information content (AvgIpc) is 3.12. The number of rotatable bonds is 7. The summed E-state index contributed by atoms with van der Waals surface area (Å²) in [5.41, 5.74) is 10.5. The van der Waals surface area contributed by atoms with E-state index in [2.05, 4.69) is 11.4 Å². The Bertz CT molecular complexity index is 1430. The summed E-state index contributed by atoms with van der Waals surface area (Å²) < 4.78 is 6.63. The van der Waals surface area contributed by atoms with Gasteiger partial charge in [0.2, 0.25) is 5.91 Å². The summed E-state index contributed by atoms with van der Waals surface area (Å²) in [6.45, 7) is 0. The molecule has 4 rings (SSSR count). The minimum absolute atomic E-state index is 0.0360. The molecule has 0 spiro atoms. The highest BCUT2D eigenvalue weighted by Crippen LogP contribution is 2.25. The number of phenols is 1. The normalized spacial score (nSPS) is 12.7. The van der Waals surface area contributed by atoms with Crippen molar-refractivity contribution >= 4 is 17.0 Å². The Hall–Kier alpha value is -4.35. The van der Waals surface area contributed by atoms with Crippen LogP contribution in [0.25, 0.3) is 22.2 Å². The van der Waals surface area contributed by atoms with Crippen molar-refractivity contribution in [2.75, 3.05) is 0 Å². The lowest BCUT2D eigenvalue weighted by Gasteiger charge is -2.16. The van der Waals surface area contributed by atoms with Crippen molar-refractivity contribution in [3.63, 3.8) is 0 Å². The number of oxazole rings is 1. The Balaban J connectivity index is 1.40. The van der Waals surface area contributed by atoms with Gasteiger partial charge in [0, 0.05) is 31.5 Å². The number of carbonyl (C=O) groups excluding carboxylic acids is 1. The van der Waals surface area contributed by atoms with Crippen molar-refractivity contribution in [2.45, 2.75) is 24.9 Å². The van der Waals surface area contributed by atoms with Crippen LogP contribution >= 0.6 is 0 Å². The van der Waals surface area contributed by atoms with Gasteiger partial charge in [-0.05, 0) is 34.9 Å². The molecule has 4 aromatic rings. The largest absolute Gasteiger partial charge is 0.508 e. The number of hydrogen-bond donors (Lipinski definition) is 3. The van der Waals surface area contributed by atoms with E-state index in [4.69, 9.17) is 10.2 Å². The van der Waals surface area contributed by atoms with Crippen molar-refractivity contribution in [1.29, 1.82) is 5.26 Å². The Kier molecular flexibility index (Phi) is 6.48. The van der Waals surface area contributed by atoms with E-state index in [9.17, 15) is 20.0 Å². The molecule has 1 heterocycles. The molecule has 0 aliphatic heterocycles. The van der Waals surface area contributed by atoms with E-state index in [1.807, 2.05) is 36.4 Å². The number of aromatic nitrogens is 1. The lowest BCUT2D eigenvalue weighted by atomic mass is 10.00. The lowest BCUT2D eigenvalue weighted by molar-refractivity contribution is -0.121. The van der Waals surface area contributed by atoms with Crippen LogP contribution in [0, 0.1) is 11.3 Å². The molecule has 0 bridgehead atoms. The van der Waals surface area contributed by atoms with Crippen LogP contribution < -0.4 is 16.8 Å². The molecule has 0 saturated heterocycles. The van der Waals surface area contributed by atoms with Crippen LogP contribution in [-0.2, 0) is 18.3 Å². The molecule has 0 aliphatic rings. The number of aryl methyl sites for hydroxylation is 1. The van der Waals surface area contributed by atoms with Gasteiger partial charge in [-0.2, -0.15) is 5.26 Å². The molecule has 1 amide bonds. The molecule has 0 saturated carbocycles. The number of fused-ring (bicyclic) bond motifs is 1. The number of amides is 1. The Labute approximate surface area is 195 Å². The molecule has 2 atom stereocenters. The first-order chi connectivity index (χ1) is 16.4. The van der Waals surface area contributed by atoms with Crippen LogP contribution in [0.1, 0.15) is 23.6 Å². The topological polar surface area (TPSA) is 134 Å². The van der Waals surface area contributed by atoms with Crippen LogP contribution in [-0.4, -0.2) is 21.6 Å². The monoisotopic (exact) mass is 456 g/mol. The molecule has 8 heteroatoms. The van der Waals surface area contributed by atoms with Crippen LogP contribution in [0.2, 0.25) is 0 Å². The first kappa shape index (κ1) is 22.8. The fraction of sp³-hybridized carbons (Fsp3) is 0.192. The minimum atomic E-state index is -0.716. The molecule has 1 aromatic heterocycles. The maximum atomic E-state index is 12.4. The highest BCUT2D eigenvalue weighted by atomic mass is 16.4. The molecule has 0 unspecified atom stereocenters. The number of hydrogen-bond acceptors (Lipinski definition) is 6. The maximum Gasteiger partial charge on any atom is 0.419 e. The SMILES string of the molecule is Cn1c(=O)oc2ccc(-c3ccc(C[C@@H](C#N)NC(=O)C[C@H](N)c4ccccc4O)cc3)cc21. The number of nitrogens with zero attached hydrogens (tertiary/aromatic N) is 2. The van der Waals surface area contributed by atoms with Crippen molar-refractivity contribution in [2.24, 2.45) is 12.8 Å². The van der Waals surface area contributed by atoms with E-state index in [-0.39, 0.29) is 18.1 Å². The number of benzene rings is 3. The van der Waals surface area contributed by atoms with Gasteiger partial charge < -0.3 is 20.6 Å². The number of nitrogens with two attached hydrogens (primary N) is 1. The van der Waals surface area contributed by atoms with E-state index in [1.54, 1.807) is 31.3 Å². The van der Waals surface area contributed by atoms with Crippen molar-refractivity contribution in [3.05, 3.63) is 88.4 Å². The molecule has 0 aliphatic carbocycles. The predicted molar refractivity (Wildman–Crippen MR) is 128 cm³/mol. The summed E-state index contributed by atoms with van der Waals surface area (Å²) in [4.78, 5) is 24.1. The Morgan fingerprint density at radius 2 is 1.85 bits per heavy atom. The summed E-state index contributed by atoms with van der Waals surface area (Å²) in [6.07, 6.45) is 0.289. The average molecular weight is 457 g/mol. The number of carbonyl (C=O) groups is 1. The molecule has 3 aromatic carbocycles. The third kappa shape index (κ3) is 4.85. The number of aromatic hydroxyl groups is 1. The van der Waals surface area contributed by atoms with E-state index in [1.165, 1.54) is 10.6 Å². The van der Waals surface area contributed by atoms with E-state index >= 15 is 0 Å². The maximum absolute atomic E-state index is 12.4. The first-order valence-electron chi connectivity index (χ1n) is 10.8. The van der Waals surface area contributed by atoms with E-state index in [0.29, 0.717) is 23.1 Å². The number of phenolic OH excluding ortho intramolecular Hbond substituents is 1. The summed E-state index contributed by atoms with van der Waals surface area (Å²) >= 11 is 0. The zero-order valence-corrected chi connectivity index (χ0v) is 18.6. The second kappa shape index (κ2) is 9.65. The Morgan fingerprint density at radius 1 is 1.15 bits per heavy atom. The lowest BCUT2D eigenvalue weighted by Crippen LogP contribution is -2.36. The zero-order valence-electron chi connectivity index (χ0n) is 18.6. The van der Waals surface area contributed by atoms with Crippen LogP contribution in [0.5, 0.6) is 5.75 Å². The van der Waals surface area contributed by atoms with Gasteiger partial charge in [-0.15, -0.1) is 0 Å². The van der Waals surface area contributed by atoms with Gasteiger partial charge in [-0.3, -0.25) is 9.36 Å². The molecule has 172 valence electrons. The van der Waals surface area contributed by atoms with Gasteiger partial charge >= 0.3 is 5.76 Å². The number of nitriles is 1. The highest BCUT2D eigenvalue weighted by Gasteiger charge is 2.18.